The molecule has 4 heteroatoms. The minimum absolute atomic E-state index is 0.0978. The molecule has 0 radical (unpaired) electrons. The van der Waals surface area contributed by atoms with Crippen LogP contribution in [-0.2, 0) is 11.3 Å². The molecule has 3 nitrogen and oxygen atoms in total. The van der Waals surface area contributed by atoms with E-state index in [0.717, 1.165) is 16.5 Å². The molecule has 1 aromatic carbocycles. The van der Waals surface area contributed by atoms with Crippen LogP contribution in [0.4, 0.5) is 0 Å². The summed E-state index contributed by atoms with van der Waals surface area (Å²) in [7, 11) is 1.74. The Morgan fingerprint density at radius 2 is 2.28 bits per heavy atom. The van der Waals surface area contributed by atoms with Gasteiger partial charge in [-0.15, -0.1) is 0 Å². The van der Waals surface area contributed by atoms with Gasteiger partial charge in [-0.1, -0.05) is 41.4 Å². The van der Waals surface area contributed by atoms with Crippen LogP contribution in [0.2, 0.25) is 0 Å². The molecule has 0 aromatic heterocycles. The molecule has 0 heterocycles. The highest BCUT2D eigenvalue weighted by Crippen LogP contribution is 2.15. The maximum atomic E-state index is 12.0. The van der Waals surface area contributed by atoms with E-state index in [1.54, 1.807) is 11.9 Å². The quantitative estimate of drug-likeness (QED) is 0.837. The van der Waals surface area contributed by atoms with Crippen LogP contribution in [0.25, 0.3) is 0 Å². The molecular weight excluding hydrogens is 292 g/mol. The molecule has 0 N–H and O–H groups in total. The summed E-state index contributed by atoms with van der Waals surface area (Å²) in [5.41, 5.74) is 1.05. The van der Waals surface area contributed by atoms with Crippen LogP contribution in [0, 0.1) is 17.2 Å². The number of rotatable bonds is 5. The predicted molar refractivity (Wildman–Crippen MR) is 74.6 cm³/mol. The molecule has 1 amide bonds. The summed E-state index contributed by atoms with van der Waals surface area (Å²) in [6, 6.07) is 9.91. The molecule has 1 aromatic rings. The first-order chi connectivity index (χ1) is 8.58. The van der Waals surface area contributed by atoms with E-state index in [9.17, 15) is 4.79 Å². The third-order valence-corrected chi connectivity index (χ3v) is 3.21. The van der Waals surface area contributed by atoms with Crippen LogP contribution in [0.5, 0.6) is 0 Å². The van der Waals surface area contributed by atoms with Gasteiger partial charge in [0.05, 0.1) is 6.07 Å². The molecule has 0 saturated carbocycles. The SMILES string of the molecule is CCCC(C#N)C(=O)N(C)Cc1cccc(Br)c1. The lowest BCUT2D eigenvalue weighted by atomic mass is 10.0. The first-order valence-corrected chi connectivity index (χ1v) is 6.76. The van der Waals surface area contributed by atoms with Crippen molar-refractivity contribution in [1.29, 1.82) is 5.26 Å². The van der Waals surface area contributed by atoms with Crippen LogP contribution in [0.3, 0.4) is 0 Å². The monoisotopic (exact) mass is 308 g/mol. The number of amides is 1. The third-order valence-electron chi connectivity index (χ3n) is 2.72. The molecule has 1 atom stereocenters. The fraction of sp³-hybridized carbons (Fsp3) is 0.429. The zero-order valence-corrected chi connectivity index (χ0v) is 12.3. The van der Waals surface area contributed by atoms with Gasteiger partial charge in [0, 0.05) is 18.1 Å². The fourth-order valence-corrected chi connectivity index (χ4v) is 2.23. The molecule has 0 bridgehead atoms. The van der Waals surface area contributed by atoms with Gasteiger partial charge in [-0.3, -0.25) is 4.79 Å². The van der Waals surface area contributed by atoms with Gasteiger partial charge < -0.3 is 4.90 Å². The van der Waals surface area contributed by atoms with Gasteiger partial charge in [0.15, 0.2) is 0 Å². The summed E-state index contributed by atoms with van der Waals surface area (Å²) in [6.07, 6.45) is 1.47. The summed E-state index contributed by atoms with van der Waals surface area (Å²) in [4.78, 5) is 13.7. The van der Waals surface area contributed by atoms with Gasteiger partial charge in [-0.25, -0.2) is 0 Å². The summed E-state index contributed by atoms with van der Waals surface area (Å²) >= 11 is 3.40. The smallest absolute Gasteiger partial charge is 0.239 e. The van der Waals surface area contributed by atoms with E-state index in [2.05, 4.69) is 22.0 Å². The maximum Gasteiger partial charge on any atom is 0.239 e. The number of nitrogens with zero attached hydrogens (tertiary/aromatic N) is 2. The number of hydrogen-bond donors (Lipinski definition) is 0. The molecule has 18 heavy (non-hydrogen) atoms. The summed E-state index contributed by atoms with van der Waals surface area (Å²) in [6.45, 7) is 2.51. The van der Waals surface area contributed by atoms with E-state index < -0.39 is 5.92 Å². The molecule has 1 unspecified atom stereocenters. The van der Waals surface area contributed by atoms with Crippen LogP contribution < -0.4 is 0 Å². The lowest BCUT2D eigenvalue weighted by Crippen LogP contribution is -2.31. The number of nitriles is 1. The highest BCUT2D eigenvalue weighted by atomic mass is 79.9. The van der Waals surface area contributed by atoms with E-state index in [-0.39, 0.29) is 5.91 Å². The molecule has 0 aliphatic carbocycles. The molecule has 0 aliphatic rings. The second-order valence-corrected chi connectivity index (χ2v) is 5.21. The maximum absolute atomic E-state index is 12.0. The Balaban J connectivity index is 2.68. The minimum atomic E-state index is -0.521. The zero-order valence-electron chi connectivity index (χ0n) is 10.7. The molecule has 0 aliphatic heterocycles. The van der Waals surface area contributed by atoms with Gasteiger partial charge in [-0.05, 0) is 24.1 Å². The minimum Gasteiger partial charge on any atom is -0.340 e. The highest BCUT2D eigenvalue weighted by molar-refractivity contribution is 9.10. The van der Waals surface area contributed by atoms with Crippen molar-refractivity contribution in [3.8, 4) is 6.07 Å². The van der Waals surface area contributed by atoms with Crippen molar-refractivity contribution in [1.82, 2.24) is 4.90 Å². The first-order valence-electron chi connectivity index (χ1n) is 5.97. The largest absolute Gasteiger partial charge is 0.340 e. The number of carbonyl (C=O) groups is 1. The Bertz CT molecular complexity index is 453. The fourth-order valence-electron chi connectivity index (χ4n) is 1.79. The van der Waals surface area contributed by atoms with E-state index in [0.29, 0.717) is 13.0 Å². The molecule has 96 valence electrons. The van der Waals surface area contributed by atoms with Crippen LogP contribution >= 0.6 is 15.9 Å². The van der Waals surface area contributed by atoms with Crippen molar-refractivity contribution in [2.24, 2.45) is 5.92 Å². The standard InChI is InChI=1S/C14H17BrN2O/c1-3-5-12(9-16)14(18)17(2)10-11-6-4-7-13(15)8-11/h4,6-8,12H,3,5,10H2,1-2H3. The van der Waals surface area contributed by atoms with Crippen LogP contribution in [0.1, 0.15) is 25.3 Å². The van der Waals surface area contributed by atoms with E-state index in [4.69, 9.17) is 5.26 Å². The van der Waals surface area contributed by atoms with Crippen LogP contribution in [0.15, 0.2) is 28.7 Å². The van der Waals surface area contributed by atoms with Crippen molar-refractivity contribution < 1.29 is 4.79 Å². The Labute approximate surface area is 117 Å². The van der Waals surface area contributed by atoms with Gasteiger partial charge in [-0.2, -0.15) is 5.26 Å². The second kappa shape index (κ2) is 7.17. The number of benzene rings is 1. The van der Waals surface area contributed by atoms with Crippen molar-refractivity contribution >= 4 is 21.8 Å². The normalized spacial score (nSPS) is 11.7. The summed E-state index contributed by atoms with van der Waals surface area (Å²) < 4.78 is 0.992. The number of carbonyl (C=O) groups excluding carboxylic acids is 1. The Kier molecular flexibility index (Phi) is 5.87. The summed E-state index contributed by atoms with van der Waals surface area (Å²) in [5.74, 6) is -0.619. The Morgan fingerprint density at radius 1 is 1.56 bits per heavy atom. The third kappa shape index (κ3) is 4.15. The summed E-state index contributed by atoms with van der Waals surface area (Å²) in [5, 5.41) is 8.98. The first kappa shape index (κ1) is 14.7. The predicted octanol–water partition coefficient (Wildman–Crippen LogP) is 3.35. The van der Waals surface area contributed by atoms with Crippen LogP contribution in [-0.4, -0.2) is 17.9 Å². The van der Waals surface area contributed by atoms with E-state index in [1.165, 1.54) is 0 Å². The molecule has 1 rings (SSSR count). The van der Waals surface area contributed by atoms with Crippen molar-refractivity contribution in [3.63, 3.8) is 0 Å². The second-order valence-electron chi connectivity index (χ2n) is 4.29. The van der Waals surface area contributed by atoms with Gasteiger partial charge >= 0.3 is 0 Å². The highest BCUT2D eigenvalue weighted by Gasteiger charge is 2.20. The Morgan fingerprint density at radius 3 is 2.83 bits per heavy atom. The molecule has 0 fully saturated rings. The zero-order chi connectivity index (χ0) is 13.5. The number of hydrogen-bond acceptors (Lipinski definition) is 2. The van der Waals surface area contributed by atoms with Crippen molar-refractivity contribution in [3.05, 3.63) is 34.3 Å². The molecular formula is C14H17BrN2O. The van der Waals surface area contributed by atoms with Crippen molar-refractivity contribution in [2.45, 2.75) is 26.3 Å². The molecule has 0 saturated heterocycles. The van der Waals surface area contributed by atoms with Gasteiger partial charge in [0.2, 0.25) is 5.91 Å². The van der Waals surface area contributed by atoms with Crippen molar-refractivity contribution in [2.75, 3.05) is 7.05 Å². The lowest BCUT2D eigenvalue weighted by molar-refractivity contribution is -0.133. The van der Waals surface area contributed by atoms with E-state index >= 15 is 0 Å². The average Bonchev–Trinajstić information content (AvgIpc) is 2.35. The van der Waals surface area contributed by atoms with E-state index in [1.807, 2.05) is 31.2 Å². The van der Waals surface area contributed by atoms with Gasteiger partial charge in [0.1, 0.15) is 5.92 Å². The Hall–Kier alpha value is -1.34. The number of halogens is 1. The molecule has 0 spiro atoms. The van der Waals surface area contributed by atoms with Gasteiger partial charge in [0.25, 0.3) is 0 Å². The lowest BCUT2D eigenvalue weighted by Gasteiger charge is -2.20. The topological polar surface area (TPSA) is 44.1 Å². The average molecular weight is 309 g/mol.